The molecule has 20 heavy (non-hydrogen) atoms. The summed E-state index contributed by atoms with van der Waals surface area (Å²) in [5.41, 5.74) is 4.48. The fraction of sp³-hybridized carbons (Fsp3) is 0.333. The van der Waals surface area contributed by atoms with E-state index in [1.165, 1.54) is 23.3 Å². The SMILES string of the molecule is Cc1ccc2[nH]c(=S)n(C3CCCc4sccc43)c2n1. The topological polar surface area (TPSA) is 33.6 Å². The quantitative estimate of drug-likeness (QED) is 0.676. The van der Waals surface area contributed by atoms with Gasteiger partial charge < -0.3 is 4.98 Å². The molecule has 1 aliphatic carbocycles. The largest absolute Gasteiger partial charge is 0.329 e. The monoisotopic (exact) mass is 301 g/mol. The number of hydrogen-bond acceptors (Lipinski definition) is 3. The number of aromatic amines is 1. The Morgan fingerprint density at radius 1 is 1.40 bits per heavy atom. The van der Waals surface area contributed by atoms with Crippen molar-refractivity contribution in [2.24, 2.45) is 0 Å². The third-order valence-corrected chi connectivity index (χ3v) is 5.33. The summed E-state index contributed by atoms with van der Waals surface area (Å²) in [5, 5.41) is 2.19. The highest BCUT2D eigenvalue weighted by atomic mass is 32.1. The lowest BCUT2D eigenvalue weighted by molar-refractivity contribution is 0.498. The summed E-state index contributed by atoms with van der Waals surface area (Å²) in [5.74, 6) is 0. The predicted octanol–water partition coefficient (Wildman–Crippen LogP) is 4.39. The van der Waals surface area contributed by atoms with Gasteiger partial charge in [0.25, 0.3) is 0 Å². The van der Waals surface area contributed by atoms with E-state index in [-0.39, 0.29) is 0 Å². The van der Waals surface area contributed by atoms with Crippen LogP contribution in [-0.2, 0) is 6.42 Å². The van der Waals surface area contributed by atoms with Gasteiger partial charge in [-0.05, 0) is 67.5 Å². The third kappa shape index (κ3) is 1.77. The van der Waals surface area contributed by atoms with Gasteiger partial charge in [0, 0.05) is 10.6 Å². The first-order chi connectivity index (χ1) is 9.74. The molecule has 0 saturated heterocycles. The number of imidazole rings is 1. The Hall–Kier alpha value is -1.46. The summed E-state index contributed by atoms with van der Waals surface area (Å²) in [6.45, 7) is 2.02. The van der Waals surface area contributed by atoms with Gasteiger partial charge in [0.2, 0.25) is 0 Å². The van der Waals surface area contributed by atoms with Crippen molar-refractivity contribution in [1.29, 1.82) is 0 Å². The van der Waals surface area contributed by atoms with E-state index in [4.69, 9.17) is 17.2 Å². The van der Waals surface area contributed by atoms with E-state index in [1.807, 2.05) is 24.3 Å². The molecule has 5 heteroatoms. The lowest BCUT2D eigenvalue weighted by atomic mass is 9.94. The summed E-state index contributed by atoms with van der Waals surface area (Å²) in [7, 11) is 0. The van der Waals surface area contributed by atoms with Crippen molar-refractivity contribution in [2.75, 3.05) is 0 Å². The molecule has 0 amide bonds. The molecule has 1 aliphatic rings. The van der Waals surface area contributed by atoms with Gasteiger partial charge in [0.05, 0.1) is 11.6 Å². The molecule has 3 aromatic heterocycles. The molecule has 1 atom stereocenters. The van der Waals surface area contributed by atoms with Crippen LogP contribution in [0.5, 0.6) is 0 Å². The van der Waals surface area contributed by atoms with E-state index >= 15 is 0 Å². The van der Waals surface area contributed by atoms with Crippen molar-refractivity contribution >= 4 is 34.7 Å². The van der Waals surface area contributed by atoms with Crippen LogP contribution in [0.25, 0.3) is 11.2 Å². The van der Waals surface area contributed by atoms with Gasteiger partial charge in [0.1, 0.15) is 0 Å². The lowest BCUT2D eigenvalue weighted by Gasteiger charge is -2.24. The lowest BCUT2D eigenvalue weighted by Crippen LogP contribution is -2.16. The fourth-order valence-corrected chi connectivity index (χ4v) is 4.42. The number of thiophene rings is 1. The Bertz CT molecular complexity index is 840. The Kier molecular flexibility index (Phi) is 2.79. The molecule has 0 saturated carbocycles. The van der Waals surface area contributed by atoms with Crippen LogP contribution in [0.3, 0.4) is 0 Å². The first kappa shape index (κ1) is 12.3. The van der Waals surface area contributed by atoms with E-state index in [1.54, 1.807) is 0 Å². The van der Waals surface area contributed by atoms with E-state index < -0.39 is 0 Å². The normalized spacial score (nSPS) is 18.4. The summed E-state index contributed by atoms with van der Waals surface area (Å²) in [6, 6.07) is 6.68. The van der Waals surface area contributed by atoms with Crippen LogP contribution in [0.4, 0.5) is 0 Å². The molecule has 3 heterocycles. The van der Waals surface area contributed by atoms with Crippen LogP contribution < -0.4 is 0 Å². The molecular formula is C15H15N3S2. The van der Waals surface area contributed by atoms with E-state index in [2.05, 4.69) is 27.1 Å². The summed E-state index contributed by atoms with van der Waals surface area (Å²) >= 11 is 7.41. The fourth-order valence-electron chi connectivity index (χ4n) is 3.12. The zero-order chi connectivity index (χ0) is 13.7. The van der Waals surface area contributed by atoms with Gasteiger partial charge >= 0.3 is 0 Å². The van der Waals surface area contributed by atoms with Crippen molar-refractivity contribution in [2.45, 2.75) is 32.2 Å². The highest BCUT2D eigenvalue weighted by Gasteiger charge is 2.25. The number of nitrogens with one attached hydrogen (secondary N) is 1. The molecule has 0 aromatic carbocycles. The first-order valence-electron chi connectivity index (χ1n) is 6.88. The van der Waals surface area contributed by atoms with Gasteiger partial charge in [-0.3, -0.25) is 4.57 Å². The minimum Gasteiger partial charge on any atom is -0.329 e. The van der Waals surface area contributed by atoms with Crippen LogP contribution in [0.2, 0.25) is 0 Å². The Labute approximate surface area is 126 Å². The predicted molar refractivity (Wildman–Crippen MR) is 85.1 cm³/mol. The van der Waals surface area contributed by atoms with Crippen molar-refractivity contribution in [1.82, 2.24) is 14.5 Å². The van der Waals surface area contributed by atoms with E-state index in [9.17, 15) is 0 Å². The maximum Gasteiger partial charge on any atom is 0.179 e. The summed E-state index contributed by atoms with van der Waals surface area (Å²) < 4.78 is 2.99. The number of rotatable bonds is 1. The number of fused-ring (bicyclic) bond motifs is 2. The van der Waals surface area contributed by atoms with Crippen LogP contribution in [0, 0.1) is 11.7 Å². The molecule has 1 unspecified atom stereocenters. The Morgan fingerprint density at radius 3 is 3.20 bits per heavy atom. The third-order valence-electron chi connectivity index (χ3n) is 4.03. The average molecular weight is 301 g/mol. The van der Waals surface area contributed by atoms with Crippen LogP contribution in [0.1, 0.15) is 35.0 Å². The highest BCUT2D eigenvalue weighted by Crippen LogP contribution is 2.37. The second kappa shape index (κ2) is 4.53. The van der Waals surface area contributed by atoms with Crippen LogP contribution >= 0.6 is 23.6 Å². The van der Waals surface area contributed by atoms with E-state index in [0.717, 1.165) is 28.0 Å². The molecule has 0 radical (unpaired) electrons. The number of hydrogen-bond donors (Lipinski definition) is 1. The number of H-pyrrole nitrogens is 1. The van der Waals surface area contributed by atoms with Crippen molar-refractivity contribution in [3.63, 3.8) is 0 Å². The molecule has 102 valence electrons. The van der Waals surface area contributed by atoms with Gasteiger partial charge in [0.15, 0.2) is 10.4 Å². The number of aromatic nitrogens is 3. The minimum absolute atomic E-state index is 0.334. The second-order valence-electron chi connectivity index (χ2n) is 5.33. The number of aryl methyl sites for hydroxylation is 2. The Balaban J connectivity index is 1.98. The maximum atomic E-state index is 5.55. The molecule has 0 aliphatic heterocycles. The van der Waals surface area contributed by atoms with Crippen LogP contribution in [-0.4, -0.2) is 14.5 Å². The molecule has 3 nitrogen and oxygen atoms in total. The van der Waals surface area contributed by atoms with Gasteiger partial charge in [-0.2, -0.15) is 0 Å². The van der Waals surface area contributed by atoms with Crippen molar-refractivity contribution < 1.29 is 0 Å². The Morgan fingerprint density at radius 2 is 2.30 bits per heavy atom. The standard InChI is InChI=1S/C15H15N3S2/c1-9-5-6-11-14(16-9)18(15(19)17-11)12-3-2-4-13-10(12)7-8-20-13/h5-8,12H,2-4H2,1H3,(H,17,19). The molecule has 0 fully saturated rings. The first-order valence-corrected chi connectivity index (χ1v) is 8.17. The summed E-state index contributed by atoms with van der Waals surface area (Å²) in [4.78, 5) is 9.50. The summed E-state index contributed by atoms with van der Waals surface area (Å²) in [6.07, 6.45) is 3.56. The van der Waals surface area contributed by atoms with Crippen molar-refractivity contribution in [3.05, 3.63) is 44.5 Å². The number of nitrogens with zero attached hydrogens (tertiary/aromatic N) is 2. The highest BCUT2D eigenvalue weighted by molar-refractivity contribution is 7.71. The molecule has 3 aromatic rings. The second-order valence-corrected chi connectivity index (χ2v) is 6.72. The molecule has 1 N–H and O–H groups in total. The zero-order valence-electron chi connectivity index (χ0n) is 11.2. The van der Waals surface area contributed by atoms with Gasteiger partial charge in [-0.15, -0.1) is 11.3 Å². The zero-order valence-corrected chi connectivity index (χ0v) is 12.9. The van der Waals surface area contributed by atoms with Gasteiger partial charge in [-0.1, -0.05) is 0 Å². The molecular weight excluding hydrogens is 286 g/mol. The van der Waals surface area contributed by atoms with Crippen LogP contribution in [0.15, 0.2) is 23.6 Å². The number of pyridine rings is 1. The molecule has 0 spiro atoms. The average Bonchev–Trinajstić information content (AvgIpc) is 3.02. The van der Waals surface area contributed by atoms with Gasteiger partial charge in [-0.25, -0.2) is 4.98 Å². The minimum atomic E-state index is 0.334. The molecule has 0 bridgehead atoms. The smallest absolute Gasteiger partial charge is 0.179 e. The van der Waals surface area contributed by atoms with E-state index in [0.29, 0.717) is 6.04 Å². The maximum absolute atomic E-state index is 5.55. The van der Waals surface area contributed by atoms with Crippen molar-refractivity contribution in [3.8, 4) is 0 Å². The molecule has 4 rings (SSSR count).